The van der Waals surface area contributed by atoms with E-state index in [1.807, 2.05) is 12.1 Å². The van der Waals surface area contributed by atoms with E-state index in [-0.39, 0.29) is 25.3 Å². The van der Waals surface area contributed by atoms with Crippen molar-refractivity contribution in [2.45, 2.75) is 25.4 Å². The maximum atomic E-state index is 12.3. The second-order valence-electron chi connectivity index (χ2n) is 4.37. The fourth-order valence-corrected chi connectivity index (χ4v) is 2.34. The summed E-state index contributed by atoms with van der Waals surface area (Å²) >= 11 is 0. The summed E-state index contributed by atoms with van der Waals surface area (Å²) < 4.78 is 8.26. The molecule has 1 N–H and O–H groups in total. The molecule has 1 aromatic rings. The minimum Gasteiger partial charge on any atom is -0.322 e. The van der Waals surface area contributed by atoms with Crippen molar-refractivity contribution in [3.05, 3.63) is 35.4 Å². The lowest BCUT2D eigenvalue weighted by molar-refractivity contribution is -0.136. The third-order valence-electron chi connectivity index (χ3n) is 3.25. The molecule has 1 fully saturated rings. The van der Waals surface area contributed by atoms with Gasteiger partial charge in [-0.05, 0) is 18.1 Å². The summed E-state index contributed by atoms with van der Waals surface area (Å²) in [6.45, 7) is 0.236. The van der Waals surface area contributed by atoms with Crippen LogP contribution in [0.3, 0.4) is 0 Å². The van der Waals surface area contributed by atoms with Crippen molar-refractivity contribution in [2.24, 2.45) is 0 Å². The Morgan fingerprint density at radius 2 is 2.06 bits per heavy atom. The van der Waals surface area contributed by atoms with E-state index in [1.165, 1.54) is 4.90 Å². The molecule has 1 saturated heterocycles. The van der Waals surface area contributed by atoms with Crippen LogP contribution in [0.25, 0.3) is 0 Å². The predicted molar refractivity (Wildman–Crippen MR) is 62.5 cm³/mol. The number of piperidine rings is 1. The van der Waals surface area contributed by atoms with Crippen LogP contribution < -0.4 is 5.32 Å². The number of carbonyl (C=O) groups is 3. The molecule has 1 atom stereocenters. The summed E-state index contributed by atoms with van der Waals surface area (Å²) in [7, 11) is 0. The Morgan fingerprint density at radius 1 is 1.28 bits per heavy atom. The summed E-state index contributed by atoms with van der Waals surface area (Å²) in [5.41, 5.74) is 1.34. The second-order valence-corrected chi connectivity index (χ2v) is 4.37. The van der Waals surface area contributed by atoms with Gasteiger partial charge in [-0.3, -0.25) is 19.7 Å². The lowest BCUT2D eigenvalue weighted by Gasteiger charge is -2.29. The fraction of sp³-hybridized carbons (Fsp3) is 0.308. The molecule has 1 aromatic carbocycles. The molecule has 5 nitrogen and oxygen atoms in total. The normalized spacial score (nSPS) is 27.9. The molecule has 0 spiro atoms. The highest BCUT2D eigenvalue weighted by atomic mass is 16.2. The fourth-order valence-electron chi connectivity index (χ4n) is 2.34. The van der Waals surface area contributed by atoms with Crippen molar-refractivity contribution in [3.8, 4) is 0 Å². The van der Waals surface area contributed by atoms with Gasteiger partial charge in [-0.2, -0.15) is 0 Å². The molecule has 0 radical (unpaired) electrons. The molecular formula is C13H12N2O3. The van der Waals surface area contributed by atoms with Crippen molar-refractivity contribution in [3.63, 3.8) is 0 Å². The molecular weight excluding hydrogens is 232 g/mol. The maximum absolute atomic E-state index is 12.3. The molecule has 3 rings (SSSR count). The van der Waals surface area contributed by atoms with Gasteiger partial charge in [0.05, 0.1) is 1.37 Å². The zero-order valence-corrected chi connectivity index (χ0v) is 9.60. The summed E-state index contributed by atoms with van der Waals surface area (Å²) in [5, 5.41) is 2.13. The minimum absolute atomic E-state index is 0.0391. The SMILES string of the molecule is [2H]C1(N2Cc3ccccc3C2=O)CCC(=O)NC1=O. The summed E-state index contributed by atoms with van der Waals surface area (Å²) in [6.07, 6.45) is 0.118. The number of carbonyl (C=O) groups excluding carboxylic acids is 3. The number of benzene rings is 1. The van der Waals surface area contributed by atoms with Gasteiger partial charge in [-0.1, -0.05) is 18.2 Å². The summed E-state index contributed by atoms with van der Waals surface area (Å²) in [4.78, 5) is 36.6. The topological polar surface area (TPSA) is 66.5 Å². The predicted octanol–water partition coefficient (Wildman–Crippen LogP) is 0.448. The molecule has 5 heteroatoms. The van der Waals surface area contributed by atoms with Crippen LogP contribution >= 0.6 is 0 Å². The van der Waals surface area contributed by atoms with Crippen molar-refractivity contribution < 1.29 is 15.8 Å². The highest BCUT2D eigenvalue weighted by Gasteiger charge is 2.38. The van der Waals surface area contributed by atoms with Gasteiger partial charge in [0.15, 0.2) is 0 Å². The van der Waals surface area contributed by atoms with Crippen molar-refractivity contribution in [2.75, 3.05) is 0 Å². The van der Waals surface area contributed by atoms with Gasteiger partial charge < -0.3 is 4.90 Å². The van der Waals surface area contributed by atoms with Crippen LogP contribution in [0, 0.1) is 0 Å². The molecule has 0 saturated carbocycles. The Balaban J connectivity index is 1.95. The number of fused-ring (bicyclic) bond motifs is 1. The lowest BCUT2D eigenvalue weighted by Crippen LogP contribution is -2.52. The van der Waals surface area contributed by atoms with Crippen LogP contribution in [0.2, 0.25) is 0 Å². The first-order valence-corrected chi connectivity index (χ1v) is 5.76. The van der Waals surface area contributed by atoms with Crippen LogP contribution in [0.4, 0.5) is 0 Å². The van der Waals surface area contributed by atoms with Crippen LogP contribution in [0.5, 0.6) is 0 Å². The van der Waals surface area contributed by atoms with E-state index < -0.39 is 17.8 Å². The Hall–Kier alpha value is -2.17. The molecule has 2 aliphatic rings. The zero-order valence-electron chi connectivity index (χ0n) is 10.6. The first-order valence-electron chi connectivity index (χ1n) is 6.26. The van der Waals surface area contributed by atoms with Gasteiger partial charge in [0, 0.05) is 18.5 Å². The number of imide groups is 1. The molecule has 0 bridgehead atoms. The van der Waals surface area contributed by atoms with Crippen molar-refractivity contribution >= 4 is 17.7 Å². The third-order valence-corrected chi connectivity index (χ3v) is 3.25. The third kappa shape index (κ3) is 1.59. The van der Waals surface area contributed by atoms with Crippen LogP contribution in [-0.4, -0.2) is 28.6 Å². The molecule has 3 amide bonds. The van der Waals surface area contributed by atoms with Gasteiger partial charge in [-0.15, -0.1) is 0 Å². The number of hydrogen-bond acceptors (Lipinski definition) is 3. The monoisotopic (exact) mass is 245 g/mol. The van der Waals surface area contributed by atoms with Gasteiger partial charge in [0.25, 0.3) is 5.91 Å². The van der Waals surface area contributed by atoms with E-state index in [9.17, 15) is 14.4 Å². The van der Waals surface area contributed by atoms with Gasteiger partial charge in [-0.25, -0.2) is 0 Å². The lowest BCUT2D eigenvalue weighted by atomic mass is 10.0. The van der Waals surface area contributed by atoms with E-state index in [0.717, 1.165) is 5.56 Å². The number of hydrogen-bond donors (Lipinski definition) is 1. The number of nitrogens with one attached hydrogen (secondary N) is 1. The number of amides is 3. The van der Waals surface area contributed by atoms with Crippen LogP contribution in [0.1, 0.15) is 30.1 Å². The Morgan fingerprint density at radius 3 is 2.78 bits per heavy atom. The molecule has 1 unspecified atom stereocenters. The van der Waals surface area contributed by atoms with Gasteiger partial charge >= 0.3 is 0 Å². The molecule has 2 aliphatic heterocycles. The molecule has 0 aliphatic carbocycles. The first kappa shape index (κ1) is 9.82. The quantitative estimate of drug-likeness (QED) is 0.730. The Kier molecular flexibility index (Phi) is 2.15. The Bertz CT molecular complexity index is 601. The largest absolute Gasteiger partial charge is 0.322 e. The van der Waals surface area contributed by atoms with Crippen LogP contribution in [0.15, 0.2) is 24.3 Å². The number of rotatable bonds is 1. The van der Waals surface area contributed by atoms with E-state index in [1.54, 1.807) is 12.1 Å². The average Bonchev–Trinajstić information content (AvgIpc) is 2.73. The summed E-state index contributed by atoms with van der Waals surface area (Å²) in [6, 6.07) is 5.37. The standard InChI is InChI=1S/C13H12N2O3/c16-11-6-5-10(12(17)14-11)15-7-8-3-1-2-4-9(8)13(15)18/h1-4,10H,5-7H2,(H,14,16,17)/i10D. The highest BCUT2D eigenvalue weighted by Crippen LogP contribution is 2.26. The number of nitrogens with zero attached hydrogens (tertiary/aromatic N) is 1. The molecule has 18 heavy (non-hydrogen) atoms. The van der Waals surface area contributed by atoms with Crippen LogP contribution in [-0.2, 0) is 16.1 Å². The van der Waals surface area contributed by atoms with E-state index >= 15 is 0 Å². The van der Waals surface area contributed by atoms with Gasteiger partial charge in [0.1, 0.15) is 6.02 Å². The Labute approximate surface area is 105 Å². The van der Waals surface area contributed by atoms with E-state index in [0.29, 0.717) is 5.56 Å². The zero-order chi connectivity index (χ0) is 13.6. The van der Waals surface area contributed by atoms with Gasteiger partial charge in [0.2, 0.25) is 11.8 Å². The highest BCUT2D eigenvalue weighted by molar-refractivity contribution is 6.05. The maximum Gasteiger partial charge on any atom is 0.255 e. The van der Waals surface area contributed by atoms with Crippen molar-refractivity contribution in [1.29, 1.82) is 0 Å². The smallest absolute Gasteiger partial charge is 0.255 e. The van der Waals surface area contributed by atoms with E-state index in [4.69, 9.17) is 1.37 Å². The molecule has 0 aromatic heterocycles. The minimum atomic E-state index is -1.69. The molecule has 2 heterocycles. The summed E-state index contributed by atoms with van der Waals surface area (Å²) in [5.74, 6) is -1.43. The average molecular weight is 245 g/mol. The first-order chi connectivity index (χ1) is 9.02. The second kappa shape index (κ2) is 3.94. The molecule has 92 valence electrons. The van der Waals surface area contributed by atoms with Crippen molar-refractivity contribution in [1.82, 2.24) is 10.2 Å². The van der Waals surface area contributed by atoms with E-state index in [2.05, 4.69) is 5.32 Å².